The molecule has 1 aliphatic heterocycles. The molecule has 3 atom stereocenters. The van der Waals surface area contributed by atoms with Crippen molar-refractivity contribution in [3.05, 3.63) is 22.4 Å². The number of carbonyl (C=O) groups excluding carboxylic acids is 1. The largest absolute Gasteiger partial charge is 0.384 e. The molecule has 23 heavy (non-hydrogen) atoms. The van der Waals surface area contributed by atoms with Crippen LogP contribution in [0.1, 0.15) is 39.7 Å². The van der Waals surface area contributed by atoms with E-state index >= 15 is 0 Å². The Labute approximate surface area is 142 Å². The quantitative estimate of drug-likeness (QED) is 0.772. The summed E-state index contributed by atoms with van der Waals surface area (Å²) < 4.78 is 5.81. The maximum absolute atomic E-state index is 12.0. The molecule has 2 amide bonds. The van der Waals surface area contributed by atoms with Crippen LogP contribution in [0.5, 0.6) is 0 Å². The topological polar surface area (TPSA) is 70.6 Å². The van der Waals surface area contributed by atoms with Crippen LogP contribution in [0, 0.1) is 11.3 Å². The standard InChI is InChI=1S/C17H28N2O3S/c1-16(2,3)14-12(5-7-22-14)9-18-15(20)19-11-17(4,21)13-6-8-23-10-13/h6,8,10,12,14,21H,5,7,9,11H2,1-4H3,(H2,18,19,20)/t12-,14-,17-/m1/s1. The summed E-state index contributed by atoms with van der Waals surface area (Å²) in [4.78, 5) is 12.0. The third-order valence-electron chi connectivity index (χ3n) is 4.33. The van der Waals surface area contributed by atoms with E-state index in [1.165, 1.54) is 11.3 Å². The molecule has 6 heteroatoms. The third kappa shape index (κ3) is 4.93. The number of ether oxygens (including phenoxy) is 1. The number of rotatable bonds is 5. The highest BCUT2D eigenvalue weighted by atomic mass is 32.1. The van der Waals surface area contributed by atoms with Gasteiger partial charge in [0.1, 0.15) is 5.60 Å². The van der Waals surface area contributed by atoms with Gasteiger partial charge in [0.05, 0.1) is 12.6 Å². The van der Waals surface area contributed by atoms with E-state index < -0.39 is 5.60 Å². The molecule has 0 spiro atoms. The molecule has 130 valence electrons. The van der Waals surface area contributed by atoms with Gasteiger partial charge in [0.25, 0.3) is 0 Å². The van der Waals surface area contributed by atoms with Crippen molar-refractivity contribution in [1.82, 2.24) is 10.6 Å². The third-order valence-corrected chi connectivity index (χ3v) is 5.01. The second kappa shape index (κ2) is 7.20. The Hall–Kier alpha value is -1.11. The van der Waals surface area contributed by atoms with Crippen molar-refractivity contribution in [1.29, 1.82) is 0 Å². The van der Waals surface area contributed by atoms with Crippen molar-refractivity contribution in [2.75, 3.05) is 19.7 Å². The molecule has 0 radical (unpaired) electrons. The molecule has 3 N–H and O–H groups in total. The minimum absolute atomic E-state index is 0.0714. The lowest BCUT2D eigenvalue weighted by molar-refractivity contribution is 0.00767. The number of aliphatic hydroxyl groups is 1. The Morgan fingerprint density at radius 3 is 2.74 bits per heavy atom. The van der Waals surface area contributed by atoms with Gasteiger partial charge in [-0.1, -0.05) is 20.8 Å². The van der Waals surface area contributed by atoms with E-state index in [4.69, 9.17) is 4.74 Å². The Morgan fingerprint density at radius 1 is 1.39 bits per heavy atom. The number of amides is 2. The number of thiophene rings is 1. The van der Waals surface area contributed by atoms with Crippen LogP contribution in [-0.2, 0) is 10.3 Å². The molecule has 2 heterocycles. The number of hydrogen-bond donors (Lipinski definition) is 3. The van der Waals surface area contributed by atoms with Crippen molar-refractivity contribution in [2.24, 2.45) is 11.3 Å². The predicted molar refractivity (Wildman–Crippen MR) is 92.6 cm³/mol. The van der Waals surface area contributed by atoms with E-state index in [0.29, 0.717) is 12.5 Å². The molecule has 5 nitrogen and oxygen atoms in total. The van der Waals surface area contributed by atoms with Gasteiger partial charge in [0.15, 0.2) is 0 Å². The summed E-state index contributed by atoms with van der Waals surface area (Å²) in [6.07, 6.45) is 1.13. The van der Waals surface area contributed by atoms with Crippen molar-refractivity contribution in [3.63, 3.8) is 0 Å². The Kier molecular flexibility index (Phi) is 5.70. The Bertz CT molecular complexity index is 508. The van der Waals surface area contributed by atoms with Gasteiger partial charge >= 0.3 is 6.03 Å². The van der Waals surface area contributed by atoms with E-state index in [-0.39, 0.29) is 24.1 Å². The first-order chi connectivity index (χ1) is 10.7. The van der Waals surface area contributed by atoms with Crippen molar-refractivity contribution in [2.45, 2.75) is 45.8 Å². The number of urea groups is 1. The predicted octanol–water partition coefficient (Wildman–Crippen LogP) is 2.71. The minimum Gasteiger partial charge on any atom is -0.384 e. The van der Waals surface area contributed by atoms with E-state index in [1.807, 2.05) is 16.8 Å². The minimum atomic E-state index is -1.05. The average Bonchev–Trinajstić information content (AvgIpc) is 3.12. The molecule has 1 saturated heterocycles. The average molecular weight is 340 g/mol. The number of carbonyl (C=O) groups is 1. The highest BCUT2D eigenvalue weighted by Crippen LogP contribution is 2.34. The molecule has 0 bridgehead atoms. The van der Waals surface area contributed by atoms with Crippen LogP contribution in [-0.4, -0.2) is 36.9 Å². The zero-order chi connectivity index (χ0) is 17.1. The van der Waals surface area contributed by atoms with E-state index in [9.17, 15) is 9.90 Å². The molecule has 1 aromatic heterocycles. The highest BCUT2D eigenvalue weighted by Gasteiger charge is 2.37. The van der Waals surface area contributed by atoms with Gasteiger partial charge in [0.2, 0.25) is 0 Å². The van der Waals surface area contributed by atoms with Gasteiger partial charge in [-0.3, -0.25) is 0 Å². The molecule has 1 fully saturated rings. The van der Waals surface area contributed by atoms with Crippen LogP contribution in [0.25, 0.3) is 0 Å². The fourth-order valence-electron chi connectivity index (χ4n) is 3.01. The maximum Gasteiger partial charge on any atom is 0.314 e. The van der Waals surface area contributed by atoms with E-state index in [0.717, 1.165) is 18.6 Å². The first-order valence-electron chi connectivity index (χ1n) is 8.08. The molecule has 0 aromatic carbocycles. The van der Waals surface area contributed by atoms with Crippen LogP contribution >= 0.6 is 11.3 Å². The van der Waals surface area contributed by atoms with Crippen molar-refractivity contribution < 1.29 is 14.6 Å². The summed E-state index contributed by atoms with van der Waals surface area (Å²) >= 11 is 1.53. The molecule has 1 aromatic rings. The Morgan fingerprint density at radius 2 is 2.13 bits per heavy atom. The van der Waals surface area contributed by atoms with Crippen LogP contribution < -0.4 is 10.6 Å². The number of hydrogen-bond acceptors (Lipinski definition) is 4. The SMILES string of the molecule is CC(C)(C)[C@@H]1OCC[C@@H]1CNC(=O)NC[C@@](C)(O)c1ccsc1. The molecule has 0 saturated carbocycles. The molecule has 1 aliphatic rings. The summed E-state index contributed by atoms with van der Waals surface area (Å²) in [5.41, 5.74) is -0.163. The highest BCUT2D eigenvalue weighted by molar-refractivity contribution is 7.08. The van der Waals surface area contributed by atoms with Gasteiger partial charge in [-0.15, -0.1) is 0 Å². The van der Waals surface area contributed by atoms with Crippen LogP contribution in [0.4, 0.5) is 4.79 Å². The lowest BCUT2D eigenvalue weighted by Gasteiger charge is -2.31. The summed E-state index contributed by atoms with van der Waals surface area (Å²) in [7, 11) is 0. The van der Waals surface area contributed by atoms with Crippen LogP contribution in [0.15, 0.2) is 16.8 Å². The first kappa shape index (κ1) is 18.2. The molecule has 2 rings (SSSR count). The lowest BCUT2D eigenvalue weighted by atomic mass is 9.81. The molecule has 0 aliphatic carbocycles. The molecule has 0 unspecified atom stereocenters. The second-order valence-electron chi connectivity index (χ2n) is 7.56. The fourth-order valence-corrected chi connectivity index (χ4v) is 3.79. The van der Waals surface area contributed by atoms with Crippen LogP contribution in [0.2, 0.25) is 0 Å². The number of nitrogens with one attached hydrogen (secondary N) is 2. The van der Waals surface area contributed by atoms with Gasteiger partial charge in [0, 0.05) is 19.1 Å². The Balaban J connectivity index is 1.77. The fraction of sp³-hybridized carbons (Fsp3) is 0.706. The summed E-state index contributed by atoms with van der Waals surface area (Å²) in [6, 6.07) is 1.62. The van der Waals surface area contributed by atoms with Crippen molar-refractivity contribution in [3.8, 4) is 0 Å². The van der Waals surface area contributed by atoms with Crippen molar-refractivity contribution >= 4 is 17.4 Å². The summed E-state index contributed by atoms with van der Waals surface area (Å²) in [5, 5.41) is 19.9. The van der Waals surface area contributed by atoms with Gasteiger partial charge in [-0.2, -0.15) is 11.3 Å². The molecular weight excluding hydrogens is 312 g/mol. The maximum atomic E-state index is 12.0. The summed E-state index contributed by atoms with van der Waals surface area (Å²) in [5.74, 6) is 0.332. The zero-order valence-corrected chi connectivity index (χ0v) is 15.2. The summed E-state index contributed by atoms with van der Waals surface area (Å²) in [6.45, 7) is 9.71. The van der Waals surface area contributed by atoms with E-state index in [2.05, 4.69) is 31.4 Å². The lowest BCUT2D eigenvalue weighted by Crippen LogP contribution is -2.46. The molecular formula is C17H28N2O3S. The van der Waals surface area contributed by atoms with Gasteiger partial charge in [-0.05, 0) is 41.1 Å². The monoisotopic (exact) mass is 340 g/mol. The smallest absolute Gasteiger partial charge is 0.314 e. The van der Waals surface area contributed by atoms with Gasteiger partial charge in [-0.25, -0.2) is 4.79 Å². The first-order valence-corrected chi connectivity index (χ1v) is 9.03. The zero-order valence-electron chi connectivity index (χ0n) is 14.4. The van der Waals surface area contributed by atoms with Crippen LogP contribution in [0.3, 0.4) is 0 Å². The second-order valence-corrected chi connectivity index (χ2v) is 8.34. The normalized spacial score (nSPS) is 24.2. The van der Waals surface area contributed by atoms with E-state index in [1.54, 1.807) is 6.92 Å². The van der Waals surface area contributed by atoms with Gasteiger partial charge < -0.3 is 20.5 Å².